The average Bonchev–Trinajstić information content (AvgIpc) is 3.05. The summed E-state index contributed by atoms with van der Waals surface area (Å²) in [5.41, 5.74) is 1.25. The van der Waals surface area contributed by atoms with Crippen LogP contribution in [0.5, 0.6) is 5.75 Å². The van der Waals surface area contributed by atoms with E-state index in [1.807, 2.05) is 7.05 Å². The molecule has 134 valence electrons. The second kappa shape index (κ2) is 6.62. The lowest BCUT2D eigenvalue weighted by molar-refractivity contribution is -0.120. The summed E-state index contributed by atoms with van der Waals surface area (Å²) in [4.78, 5) is 23.4. The minimum atomic E-state index is -0.0860. The summed E-state index contributed by atoms with van der Waals surface area (Å²) >= 11 is 0. The minimum absolute atomic E-state index is 0.0552. The highest BCUT2D eigenvalue weighted by Gasteiger charge is 2.27. The van der Waals surface area contributed by atoms with Crippen LogP contribution in [0.15, 0.2) is 36.8 Å². The van der Waals surface area contributed by atoms with Gasteiger partial charge in [-0.05, 0) is 25.0 Å². The molecule has 1 aliphatic rings. The molecule has 0 radical (unpaired) electrons. The molecule has 1 aromatic carbocycles. The molecule has 3 aromatic rings. The van der Waals surface area contributed by atoms with Crippen molar-refractivity contribution in [2.45, 2.75) is 12.8 Å². The number of rotatable bonds is 3. The van der Waals surface area contributed by atoms with Crippen LogP contribution in [0.25, 0.3) is 11.0 Å². The van der Waals surface area contributed by atoms with Crippen molar-refractivity contribution in [3.63, 3.8) is 0 Å². The number of fused-ring (bicyclic) bond motifs is 1. The second-order valence-electron chi connectivity index (χ2n) is 6.47. The number of nitrogens with zero attached hydrogens (tertiary/aromatic N) is 5. The number of aromatic hydroxyl groups is 1. The number of amides is 1. The first-order valence-electron chi connectivity index (χ1n) is 8.60. The summed E-state index contributed by atoms with van der Waals surface area (Å²) in [6, 6.07) is 6.77. The molecule has 0 bridgehead atoms. The lowest BCUT2D eigenvalue weighted by atomic mass is 9.95. The number of hydrogen-bond donors (Lipinski definition) is 2. The van der Waals surface area contributed by atoms with Crippen molar-refractivity contribution < 1.29 is 9.90 Å². The summed E-state index contributed by atoms with van der Waals surface area (Å²) in [6.45, 7) is 1.47. The molecule has 0 atom stereocenters. The van der Waals surface area contributed by atoms with E-state index in [0.29, 0.717) is 5.69 Å². The third kappa shape index (κ3) is 2.94. The Bertz CT molecular complexity index is 946. The Morgan fingerprint density at radius 2 is 2.00 bits per heavy atom. The van der Waals surface area contributed by atoms with E-state index in [-0.39, 0.29) is 17.6 Å². The van der Waals surface area contributed by atoms with Crippen LogP contribution in [-0.4, -0.2) is 43.9 Å². The fourth-order valence-corrected chi connectivity index (χ4v) is 3.37. The zero-order valence-corrected chi connectivity index (χ0v) is 14.5. The fourth-order valence-electron chi connectivity index (χ4n) is 3.37. The molecule has 3 heterocycles. The molecule has 0 spiro atoms. The molecule has 0 unspecified atom stereocenters. The summed E-state index contributed by atoms with van der Waals surface area (Å²) in [5, 5.41) is 17.8. The molecule has 8 nitrogen and oxygen atoms in total. The van der Waals surface area contributed by atoms with E-state index in [2.05, 4.69) is 25.3 Å². The first-order chi connectivity index (χ1) is 12.6. The Labute approximate surface area is 150 Å². The Morgan fingerprint density at radius 1 is 1.23 bits per heavy atom. The van der Waals surface area contributed by atoms with Crippen LogP contribution >= 0.6 is 0 Å². The number of piperidine rings is 1. The maximum Gasteiger partial charge on any atom is 0.227 e. The number of anilines is 2. The number of para-hydroxylation sites is 2. The highest BCUT2D eigenvalue weighted by Crippen LogP contribution is 2.28. The van der Waals surface area contributed by atoms with E-state index >= 15 is 0 Å². The van der Waals surface area contributed by atoms with E-state index < -0.39 is 0 Å². The summed E-state index contributed by atoms with van der Waals surface area (Å²) < 4.78 is 1.73. The van der Waals surface area contributed by atoms with Gasteiger partial charge in [0, 0.05) is 26.1 Å². The topological polar surface area (TPSA) is 96.2 Å². The first kappa shape index (κ1) is 16.3. The third-order valence-corrected chi connectivity index (χ3v) is 4.84. The minimum Gasteiger partial charge on any atom is -0.506 e. The van der Waals surface area contributed by atoms with Gasteiger partial charge in [0.15, 0.2) is 5.65 Å². The van der Waals surface area contributed by atoms with Crippen LogP contribution < -0.4 is 10.2 Å². The second-order valence-corrected chi connectivity index (χ2v) is 6.47. The van der Waals surface area contributed by atoms with Crippen molar-refractivity contribution in [3.8, 4) is 5.75 Å². The predicted octanol–water partition coefficient (Wildman–Crippen LogP) is 1.92. The van der Waals surface area contributed by atoms with Crippen LogP contribution in [0, 0.1) is 5.92 Å². The number of carbonyl (C=O) groups is 1. The zero-order chi connectivity index (χ0) is 18.1. The van der Waals surface area contributed by atoms with Gasteiger partial charge in [-0.2, -0.15) is 5.10 Å². The molecule has 0 aliphatic carbocycles. The van der Waals surface area contributed by atoms with Crippen molar-refractivity contribution >= 4 is 28.4 Å². The van der Waals surface area contributed by atoms with Gasteiger partial charge in [0.1, 0.15) is 17.9 Å². The van der Waals surface area contributed by atoms with Gasteiger partial charge < -0.3 is 15.3 Å². The Kier molecular flexibility index (Phi) is 4.16. The molecular formula is C18H20N6O2. The normalized spacial score (nSPS) is 15.3. The lowest BCUT2D eigenvalue weighted by Gasteiger charge is -2.32. The summed E-state index contributed by atoms with van der Waals surface area (Å²) in [5.74, 6) is 0.804. The number of aromatic nitrogens is 4. The van der Waals surface area contributed by atoms with Crippen molar-refractivity contribution in [2.75, 3.05) is 23.3 Å². The highest BCUT2D eigenvalue weighted by molar-refractivity contribution is 5.94. The van der Waals surface area contributed by atoms with Crippen molar-refractivity contribution in [1.29, 1.82) is 0 Å². The molecule has 2 aromatic heterocycles. The number of nitrogens with one attached hydrogen (secondary N) is 1. The molecule has 1 aliphatic heterocycles. The lowest BCUT2D eigenvalue weighted by Crippen LogP contribution is -2.38. The van der Waals surface area contributed by atoms with E-state index in [0.717, 1.165) is 42.8 Å². The van der Waals surface area contributed by atoms with Crippen LogP contribution in [0.4, 0.5) is 11.5 Å². The van der Waals surface area contributed by atoms with Gasteiger partial charge >= 0.3 is 0 Å². The zero-order valence-electron chi connectivity index (χ0n) is 14.5. The molecule has 0 saturated carbocycles. The number of benzene rings is 1. The Hall–Kier alpha value is -3.16. The Morgan fingerprint density at radius 3 is 2.77 bits per heavy atom. The van der Waals surface area contributed by atoms with Crippen LogP contribution in [0.3, 0.4) is 0 Å². The first-order valence-corrected chi connectivity index (χ1v) is 8.60. The van der Waals surface area contributed by atoms with Crippen molar-refractivity contribution in [2.24, 2.45) is 13.0 Å². The van der Waals surface area contributed by atoms with Crippen LogP contribution in [-0.2, 0) is 11.8 Å². The van der Waals surface area contributed by atoms with Gasteiger partial charge in [-0.15, -0.1) is 0 Å². The number of carbonyl (C=O) groups excluding carboxylic acids is 1. The SMILES string of the molecule is Cn1ncc2c(N3CCC(C(=O)Nc4ccccc4O)CC3)ncnc21. The van der Waals surface area contributed by atoms with E-state index in [9.17, 15) is 9.90 Å². The number of aryl methyl sites for hydroxylation is 1. The van der Waals surface area contributed by atoms with Gasteiger partial charge in [0.05, 0.1) is 17.3 Å². The van der Waals surface area contributed by atoms with Gasteiger partial charge in [0.2, 0.25) is 5.91 Å². The molecule has 1 fully saturated rings. The van der Waals surface area contributed by atoms with E-state index in [1.165, 1.54) is 0 Å². The van der Waals surface area contributed by atoms with E-state index in [4.69, 9.17) is 0 Å². The number of hydrogen-bond acceptors (Lipinski definition) is 6. The molecule has 26 heavy (non-hydrogen) atoms. The van der Waals surface area contributed by atoms with Gasteiger partial charge in [0.25, 0.3) is 0 Å². The maximum absolute atomic E-state index is 12.5. The molecule has 1 saturated heterocycles. The molecular weight excluding hydrogens is 332 g/mol. The van der Waals surface area contributed by atoms with Gasteiger partial charge in [-0.25, -0.2) is 9.97 Å². The van der Waals surface area contributed by atoms with Crippen LogP contribution in [0.1, 0.15) is 12.8 Å². The highest BCUT2D eigenvalue weighted by atomic mass is 16.3. The van der Waals surface area contributed by atoms with Crippen molar-refractivity contribution in [3.05, 3.63) is 36.8 Å². The van der Waals surface area contributed by atoms with Gasteiger partial charge in [-0.3, -0.25) is 9.48 Å². The predicted molar refractivity (Wildman–Crippen MR) is 98.0 cm³/mol. The van der Waals surface area contributed by atoms with E-state index in [1.54, 1.807) is 41.5 Å². The van der Waals surface area contributed by atoms with Gasteiger partial charge in [-0.1, -0.05) is 12.1 Å². The number of phenolic OH excluding ortho intramolecular Hbond substituents is 1. The Balaban J connectivity index is 1.44. The number of phenols is 1. The molecule has 8 heteroatoms. The average molecular weight is 352 g/mol. The fraction of sp³-hybridized carbons (Fsp3) is 0.333. The quantitative estimate of drug-likeness (QED) is 0.699. The summed E-state index contributed by atoms with van der Waals surface area (Å²) in [7, 11) is 1.86. The maximum atomic E-state index is 12.5. The molecule has 1 amide bonds. The standard InChI is InChI=1S/C18H20N6O2/c1-23-16-13(10-21-23)17(20-11-19-16)24-8-6-12(7-9-24)18(26)22-14-4-2-3-5-15(14)25/h2-5,10-12,25H,6-9H2,1H3,(H,22,26). The molecule has 4 rings (SSSR count). The van der Waals surface area contributed by atoms with Crippen LogP contribution in [0.2, 0.25) is 0 Å². The summed E-state index contributed by atoms with van der Waals surface area (Å²) in [6.07, 6.45) is 4.79. The smallest absolute Gasteiger partial charge is 0.227 e. The largest absolute Gasteiger partial charge is 0.506 e. The monoisotopic (exact) mass is 352 g/mol. The van der Waals surface area contributed by atoms with Crippen molar-refractivity contribution in [1.82, 2.24) is 19.7 Å². The molecule has 2 N–H and O–H groups in total. The third-order valence-electron chi connectivity index (χ3n) is 4.84.